The van der Waals surface area contributed by atoms with Crippen LogP contribution in [0.3, 0.4) is 0 Å². The van der Waals surface area contributed by atoms with Crippen LogP contribution in [0, 0.1) is 11.8 Å². The Morgan fingerprint density at radius 3 is 2.70 bits per heavy atom. The molecule has 3 unspecified atom stereocenters. The molecule has 1 heterocycles. The Bertz CT molecular complexity index is 584. The molecule has 2 saturated carbocycles. The van der Waals surface area contributed by atoms with E-state index in [-0.39, 0.29) is 5.97 Å². The molecular formula is C19H27NO3. The average Bonchev–Trinajstić information content (AvgIpc) is 3.07. The van der Waals surface area contributed by atoms with Crippen molar-refractivity contribution in [2.24, 2.45) is 11.8 Å². The van der Waals surface area contributed by atoms with E-state index >= 15 is 0 Å². The lowest BCUT2D eigenvalue weighted by Gasteiger charge is -2.32. The molecule has 0 saturated heterocycles. The molecule has 0 aliphatic heterocycles. The third-order valence-electron chi connectivity index (χ3n) is 5.76. The molecule has 0 aromatic carbocycles. The summed E-state index contributed by atoms with van der Waals surface area (Å²) in [6, 6.07) is 1.92. The first-order chi connectivity index (χ1) is 11.2. The maximum Gasteiger partial charge on any atom is 0.343 e. The number of carbonyl (C=O) groups is 1. The quantitative estimate of drug-likeness (QED) is 0.784. The zero-order valence-electron chi connectivity index (χ0n) is 14.4. The van der Waals surface area contributed by atoms with Crippen LogP contribution in [-0.2, 0) is 11.2 Å². The highest BCUT2D eigenvalue weighted by Gasteiger charge is 2.36. The van der Waals surface area contributed by atoms with Gasteiger partial charge in [0.1, 0.15) is 5.56 Å². The molecular weight excluding hydrogens is 290 g/mol. The zero-order valence-corrected chi connectivity index (χ0v) is 14.4. The standard InChI is InChI=1S/C19H27NO3/c1-4-12-11-16(19(21)23-3)18(22-2)20-17(12)15-9-8-13-6-5-7-14(13)10-15/h11,13-15H,4-10H2,1-3H3. The molecule has 1 aromatic heterocycles. The molecule has 4 nitrogen and oxygen atoms in total. The van der Waals surface area contributed by atoms with E-state index in [1.807, 2.05) is 6.07 Å². The third-order valence-corrected chi connectivity index (χ3v) is 5.76. The van der Waals surface area contributed by atoms with Crippen molar-refractivity contribution >= 4 is 5.97 Å². The Morgan fingerprint density at radius 2 is 2.00 bits per heavy atom. The second-order valence-corrected chi connectivity index (χ2v) is 6.90. The SMILES string of the molecule is CCc1cc(C(=O)OC)c(OC)nc1C1CCC2CCCC2C1. The first-order valence-corrected chi connectivity index (χ1v) is 8.84. The smallest absolute Gasteiger partial charge is 0.343 e. The summed E-state index contributed by atoms with van der Waals surface area (Å²) in [5.74, 6) is 2.33. The van der Waals surface area contributed by atoms with Crippen LogP contribution in [0.25, 0.3) is 0 Å². The van der Waals surface area contributed by atoms with Crippen molar-refractivity contribution < 1.29 is 14.3 Å². The topological polar surface area (TPSA) is 48.4 Å². The Labute approximate surface area is 138 Å². The molecule has 126 valence electrons. The molecule has 0 N–H and O–H groups in total. The number of carbonyl (C=O) groups excluding carboxylic acids is 1. The van der Waals surface area contributed by atoms with Crippen molar-refractivity contribution in [3.8, 4) is 5.88 Å². The summed E-state index contributed by atoms with van der Waals surface area (Å²) < 4.78 is 10.2. The van der Waals surface area contributed by atoms with E-state index in [2.05, 4.69) is 6.92 Å². The van der Waals surface area contributed by atoms with Gasteiger partial charge in [-0.05, 0) is 49.1 Å². The summed E-state index contributed by atoms with van der Waals surface area (Å²) in [5, 5.41) is 0. The molecule has 0 radical (unpaired) electrons. The lowest BCUT2D eigenvalue weighted by molar-refractivity contribution is 0.0596. The van der Waals surface area contributed by atoms with E-state index in [0.717, 1.165) is 29.5 Å². The van der Waals surface area contributed by atoms with Crippen LogP contribution in [0.1, 0.15) is 73.0 Å². The monoisotopic (exact) mass is 317 g/mol. The maximum absolute atomic E-state index is 12.0. The molecule has 23 heavy (non-hydrogen) atoms. The normalized spacial score (nSPS) is 26.7. The van der Waals surface area contributed by atoms with E-state index in [4.69, 9.17) is 14.5 Å². The Hall–Kier alpha value is -1.58. The maximum atomic E-state index is 12.0. The fourth-order valence-corrected chi connectivity index (χ4v) is 4.55. The van der Waals surface area contributed by atoms with Crippen LogP contribution in [0.2, 0.25) is 0 Å². The lowest BCUT2D eigenvalue weighted by Crippen LogP contribution is -2.21. The predicted octanol–water partition coefficient (Wildman–Crippen LogP) is 4.12. The van der Waals surface area contributed by atoms with Crippen molar-refractivity contribution in [3.63, 3.8) is 0 Å². The van der Waals surface area contributed by atoms with E-state index in [1.165, 1.54) is 45.6 Å². The van der Waals surface area contributed by atoms with Gasteiger partial charge in [0.25, 0.3) is 0 Å². The molecule has 1 aromatic rings. The molecule has 2 aliphatic rings. The Balaban J connectivity index is 1.93. The van der Waals surface area contributed by atoms with Crippen molar-refractivity contribution in [2.75, 3.05) is 14.2 Å². The van der Waals surface area contributed by atoms with Crippen molar-refractivity contribution in [2.45, 2.75) is 57.8 Å². The predicted molar refractivity (Wildman–Crippen MR) is 88.9 cm³/mol. The van der Waals surface area contributed by atoms with Crippen LogP contribution >= 0.6 is 0 Å². The molecule has 2 aliphatic carbocycles. The number of ether oxygens (including phenoxy) is 2. The van der Waals surface area contributed by atoms with E-state index in [9.17, 15) is 4.79 Å². The number of methoxy groups -OCH3 is 2. The van der Waals surface area contributed by atoms with Crippen LogP contribution in [0.5, 0.6) is 5.88 Å². The molecule has 0 amide bonds. The van der Waals surface area contributed by atoms with Crippen LogP contribution in [-0.4, -0.2) is 25.2 Å². The summed E-state index contributed by atoms with van der Waals surface area (Å²) >= 11 is 0. The molecule has 4 heteroatoms. The second kappa shape index (κ2) is 6.90. The first-order valence-electron chi connectivity index (χ1n) is 8.84. The highest BCUT2D eigenvalue weighted by Crippen LogP contribution is 2.48. The molecule has 0 spiro atoms. The largest absolute Gasteiger partial charge is 0.480 e. The van der Waals surface area contributed by atoms with Crippen molar-refractivity contribution in [1.82, 2.24) is 4.98 Å². The minimum Gasteiger partial charge on any atom is -0.480 e. The molecule has 0 bridgehead atoms. The lowest BCUT2D eigenvalue weighted by atomic mass is 9.74. The summed E-state index contributed by atoms with van der Waals surface area (Å²) in [6.07, 6.45) is 8.83. The van der Waals surface area contributed by atoms with Gasteiger partial charge >= 0.3 is 5.97 Å². The fraction of sp³-hybridized carbons (Fsp3) is 0.684. The molecule has 3 atom stereocenters. The number of rotatable bonds is 4. The van der Waals surface area contributed by atoms with E-state index < -0.39 is 0 Å². The highest BCUT2D eigenvalue weighted by molar-refractivity contribution is 5.92. The summed E-state index contributed by atoms with van der Waals surface area (Å²) in [6.45, 7) is 2.12. The van der Waals surface area contributed by atoms with Gasteiger partial charge in [0, 0.05) is 5.92 Å². The second-order valence-electron chi connectivity index (χ2n) is 6.90. The van der Waals surface area contributed by atoms with Gasteiger partial charge in [-0.2, -0.15) is 0 Å². The zero-order chi connectivity index (χ0) is 16.4. The van der Waals surface area contributed by atoms with Gasteiger partial charge in [-0.3, -0.25) is 0 Å². The fourth-order valence-electron chi connectivity index (χ4n) is 4.55. The number of nitrogens with zero attached hydrogens (tertiary/aromatic N) is 1. The average molecular weight is 317 g/mol. The van der Waals surface area contributed by atoms with Gasteiger partial charge in [0.15, 0.2) is 0 Å². The molecule has 3 rings (SSSR count). The summed E-state index contributed by atoms with van der Waals surface area (Å²) in [5.41, 5.74) is 2.74. The number of esters is 1. The van der Waals surface area contributed by atoms with Crippen LogP contribution < -0.4 is 4.74 Å². The van der Waals surface area contributed by atoms with E-state index in [1.54, 1.807) is 7.11 Å². The van der Waals surface area contributed by atoms with Crippen LogP contribution in [0.4, 0.5) is 0 Å². The highest BCUT2D eigenvalue weighted by atomic mass is 16.5. The first kappa shape index (κ1) is 16.3. The van der Waals surface area contributed by atoms with Crippen molar-refractivity contribution in [3.05, 3.63) is 22.9 Å². The van der Waals surface area contributed by atoms with Gasteiger partial charge in [0.05, 0.1) is 19.9 Å². The van der Waals surface area contributed by atoms with Gasteiger partial charge in [-0.1, -0.05) is 26.2 Å². The van der Waals surface area contributed by atoms with Crippen LogP contribution in [0.15, 0.2) is 6.07 Å². The minimum atomic E-state index is -0.380. The van der Waals surface area contributed by atoms with Gasteiger partial charge in [-0.25, -0.2) is 9.78 Å². The summed E-state index contributed by atoms with van der Waals surface area (Å²) in [4.78, 5) is 16.7. The number of fused-ring (bicyclic) bond motifs is 1. The number of aryl methyl sites for hydroxylation is 1. The molecule has 2 fully saturated rings. The number of hydrogen-bond acceptors (Lipinski definition) is 4. The number of aromatic nitrogens is 1. The van der Waals surface area contributed by atoms with E-state index in [0.29, 0.717) is 17.4 Å². The third kappa shape index (κ3) is 3.08. The van der Waals surface area contributed by atoms with Crippen molar-refractivity contribution in [1.29, 1.82) is 0 Å². The number of hydrogen-bond donors (Lipinski definition) is 0. The van der Waals surface area contributed by atoms with Gasteiger partial charge in [0.2, 0.25) is 5.88 Å². The van der Waals surface area contributed by atoms with Gasteiger partial charge in [-0.15, -0.1) is 0 Å². The minimum absolute atomic E-state index is 0.380. The summed E-state index contributed by atoms with van der Waals surface area (Å²) in [7, 11) is 2.96. The number of pyridine rings is 1. The Morgan fingerprint density at radius 1 is 1.22 bits per heavy atom. The Kier molecular flexibility index (Phi) is 4.88. The van der Waals surface area contributed by atoms with Gasteiger partial charge < -0.3 is 9.47 Å².